The first kappa shape index (κ1) is 40.7. The molecular weight excluding hydrogens is 649 g/mol. The van der Waals surface area contributed by atoms with Crippen molar-refractivity contribution in [1.29, 1.82) is 5.26 Å². The normalized spacial score (nSPS) is 19.5. The van der Waals surface area contributed by atoms with Gasteiger partial charge in [-0.1, -0.05) is 20.8 Å². The van der Waals surface area contributed by atoms with Gasteiger partial charge in [-0.2, -0.15) is 5.26 Å². The Bertz CT molecular complexity index is 1450. The van der Waals surface area contributed by atoms with E-state index in [4.69, 9.17) is 36.8 Å². The number of aryl methyl sites for hydroxylation is 1. The molecule has 2 heterocycles. The average Bonchev–Trinajstić information content (AvgIpc) is 3.27. The molecule has 1 fully saturated rings. The number of unbranched alkanes of at least 4 members (excludes halogenated alkanes) is 1. The number of nitrogens with two attached hydrogens (primary N) is 3. The molecule has 2 aliphatic rings. The van der Waals surface area contributed by atoms with Gasteiger partial charge in [-0.3, -0.25) is 14.9 Å². The van der Waals surface area contributed by atoms with E-state index in [1.165, 1.54) is 11.3 Å². The number of aliphatic imine (C=N–C) groups is 3. The second-order valence-corrected chi connectivity index (χ2v) is 14.5. The van der Waals surface area contributed by atoms with Crippen molar-refractivity contribution < 1.29 is 9.47 Å². The number of nitriles is 1. The summed E-state index contributed by atoms with van der Waals surface area (Å²) in [5.74, 6) is 7.28. The molecule has 6 N–H and O–H groups in total. The number of rotatable bonds is 17. The molecule has 1 aromatic heterocycles. The van der Waals surface area contributed by atoms with E-state index in [1.807, 2.05) is 13.0 Å². The lowest BCUT2D eigenvalue weighted by molar-refractivity contribution is 0.174. The van der Waals surface area contributed by atoms with E-state index in [0.717, 1.165) is 99.4 Å². The number of hydrogen-bond donors (Lipinski definition) is 3. The molecular formula is C37H60N10O2S. The van der Waals surface area contributed by atoms with Gasteiger partial charge in [0.25, 0.3) is 0 Å². The zero-order valence-electron chi connectivity index (χ0n) is 31.2. The van der Waals surface area contributed by atoms with Crippen LogP contribution in [-0.4, -0.2) is 92.8 Å². The second kappa shape index (κ2) is 20.8. The van der Waals surface area contributed by atoms with Crippen LogP contribution in [-0.2, 0) is 15.9 Å². The van der Waals surface area contributed by atoms with Crippen molar-refractivity contribution in [3.05, 3.63) is 51.1 Å². The van der Waals surface area contributed by atoms with Crippen LogP contribution in [0.5, 0.6) is 0 Å². The van der Waals surface area contributed by atoms with Crippen LogP contribution >= 0.6 is 11.3 Å². The smallest absolute Gasteiger partial charge is 0.202 e. The van der Waals surface area contributed by atoms with Crippen molar-refractivity contribution in [3.63, 3.8) is 0 Å². The Kier molecular flexibility index (Phi) is 17.0. The molecule has 0 radical (unpaired) electrons. The molecule has 50 heavy (non-hydrogen) atoms. The van der Waals surface area contributed by atoms with E-state index in [9.17, 15) is 5.26 Å². The molecule has 0 saturated carbocycles. The van der Waals surface area contributed by atoms with Crippen molar-refractivity contribution in [3.8, 4) is 6.07 Å². The summed E-state index contributed by atoms with van der Waals surface area (Å²) in [7, 11) is 1.64. The maximum absolute atomic E-state index is 9.84. The van der Waals surface area contributed by atoms with Gasteiger partial charge in [0.05, 0.1) is 49.5 Å². The number of thiophene rings is 1. The molecule has 1 saturated heterocycles. The third-order valence-corrected chi connectivity index (χ3v) is 10.7. The molecule has 1 aromatic rings. The third-order valence-electron chi connectivity index (χ3n) is 9.63. The maximum Gasteiger partial charge on any atom is 0.202 e. The number of allylic oxidation sites excluding steroid dienone is 2. The van der Waals surface area contributed by atoms with Gasteiger partial charge in [-0.25, -0.2) is 10.8 Å². The monoisotopic (exact) mass is 708 g/mol. The van der Waals surface area contributed by atoms with Gasteiger partial charge in [0.2, 0.25) is 5.88 Å². The third kappa shape index (κ3) is 11.7. The van der Waals surface area contributed by atoms with Gasteiger partial charge < -0.3 is 30.8 Å². The summed E-state index contributed by atoms with van der Waals surface area (Å²) >= 11 is 1.50. The van der Waals surface area contributed by atoms with E-state index >= 15 is 0 Å². The second-order valence-electron chi connectivity index (χ2n) is 13.4. The lowest BCUT2D eigenvalue weighted by atomic mass is 9.85. The Hall–Kier alpha value is -3.70. The molecule has 0 bridgehead atoms. The number of methoxy groups -OCH3 is 1. The molecule has 12 nitrogen and oxygen atoms in total. The highest BCUT2D eigenvalue weighted by Crippen LogP contribution is 2.43. The van der Waals surface area contributed by atoms with E-state index < -0.39 is 0 Å². The van der Waals surface area contributed by atoms with Crippen LogP contribution in [0.2, 0.25) is 0 Å². The Morgan fingerprint density at radius 2 is 1.92 bits per heavy atom. The summed E-state index contributed by atoms with van der Waals surface area (Å²) in [5.41, 5.74) is 16.2. The fourth-order valence-corrected chi connectivity index (χ4v) is 7.23. The maximum atomic E-state index is 9.84. The first-order valence-electron chi connectivity index (χ1n) is 17.9. The topological polar surface area (TPSA) is 167 Å². The molecule has 3 rings (SSSR count). The van der Waals surface area contributed by atoms with Crippen LogP contribution in [0, 0.1) is 17.2 Å². The molecule has 276 valence electrons. The number of ether oxygens (including phenoxy) is 2. The summed E-state index contributed by atoms with van der Waals surface area (Å²) in [6, 6.07) is 2.49. The number of nitrogen functional groups attached to an aromatic ring is 1. The SMILES string of the molecule is C=N/C(=C\C=N/CN1CCCN(CCCCO/C(N)=C/N(N)C(C)C(C)C)CC1)C(N=C(OC)C1CCCc2sc(N)c(C#N)c21)=C(C)CC. The Morgan fingerprint density at radius 1 is 1.18 bits per heavy atom. The van der Waals surface area contributed by atoms with Crippen molar-refractivity contribution in [2.75, 3.05) is 58.8 Å². The first-order chi connectivity index (χ1) is 24.0. The average molecular weight is 709 g/mol. The van der Waals surface area contributed by atoms with E-state index in [-0.39, 0.29) is 12.0 Å². The highest BCUT2D eigenvalue weighted by molar-refractivity contribution is 7.16. The first-order valence-corrected chi connectivity index (χ1v) is 18.7. The minimum absolute atomic E-state index is 0.135. The van der Waals surface area contributed by atoms with Gasteiger partial charge in [0.15, 0.2) is 5.90 Å². The summed E-state index contributed by atoms with van der Waals surface area (Å²) in [6.45, 7) is 20.6. The number of hydrogen-bond acceptors (Lipinski definition) is 13. The van der Waals surface area contributed by atoms with E-state index in [1.54, 1.807) is 24.5 Å². The Balaban J connectivity index is 1.55. The number of hydrazine groups is 1. The predicted molar refractivity (Wildman–Crippen MR) is 208 cm³/mol. The van der Waals surface area contributed by atoms with Gasteiger partial charge in [-0.15, -0.1) is 11.3 Å². The van der Waals surface area contributed by atoms with Gasteiger partial charge in [-0.05, 0) is 102 Å². The van der Waals surface area contributed by atoms with Crippen molar-refractivity contribution in [2.24, 2.45) is 32.5 Å². The van der Waals surface area contributed by atoms with E-state index in [0.29, 0.717) is 47.2 Å². The number of nitrogens with zero attached hydrogens (tertiary/aromatic N) is 7. The quantitative estimate of drug-likeness (QED) is 0.0348. The lowest BCUT2D eigenvalue weighted by Crippen LogP contribution is -2.38. The summed E-state index contributed by atoms with van der Waals surface area (Å²) in [5, 5.41) is 12.0. The highest BCUT2D eigenvalue weighted by atomic mass is 32.1. The summed E-state index contributed by atoms with van der Waals surface area (Å²) in [6.07, 6.45) is 12.0. The number of fused-ring (bicyclic) bond motifs is 1. The van der Waals surface area contributed by atoms with Crippen LogP contribution < -0.4 is 17.3 Å². The van der Waals surface area contributed by atoms with Crippen molar-refractivity contribution >= 4 is 35.2 Å². The zero-order valence-corrected chi connectivity index (χ0v) is 32.0. The fraction of sp³-hybridized carbons (Fsp3) is 0.622. The van der Waals surface area contributed by atoms with E-state index in [2.05, 4.69) is 55.3 Å². The van der Waals surface area contributed by atoms with Crippen molar-refractivity contribution in [1.82, 2.24) is 14.8 Å². The zero-order chi connectivity index (χ0) is 36.6. The molecule has 2 atom stereocenters. The summed E-state index contributed by atoms with van der Waals surface area (Å²) in [4.78, 5) is 20.1. The van der Waals surface area contributed by atoms with Crippen LogP contribution in [0.15, 0.2) is 50.1 Å². The van der Waals surface area contributed by atoms with Gasteiger partial charge in [0, 0.05) is 36.8 Å². The molecule has 1 aliphatic heterocycles. The van der Waals surface area contributed by atoms with Crippen molar-refractivity contribution in [2.45, 2.75) is 91.5 Å². The van der Waals surface area contributed by atoms with Crippen LogP contribution in [0.3, 0.4) is 0 Å². The molecule has 13 heteroatoms. The standard InChI is InChI=1S/C37H60N10O2S/c1-8-27(4)35(44-37(48-7)29-13-11-14-32-34(29)30(23-38)36(40)50-32)31(42-6)15-16-43-25-46-19-12-18-45(20-21-46)17-9-10-22-49-33(39)24-47(41)28(5)26(2)3/h15-16,24,26,28-29H,6,8-14,17-22,25,39-41H2,1-5,7H3/b31-15-,33-24+,35-27?,43-16-,44-37?. The number of anilines is 1. The lowest BCUT2D eigenvalue weighted by Gasteiger charge is -2.26. The molecule has 2 unspecified atom stereocenters. The molecule has 1 aliphatic carbocycles. The summed E-state index contributed by atoms with van der Waals surface area (Å²) < 4.78 is 11.6. The Labute approximate surface area is 304 Å². The van der Waals surface area contributed by atoms with Crippen LogP contribution in [0.4, 0.5) is 5.00 Å². The van der Waals surface area contributed by atoms with Crippen LogP contribution in [0.1, 0.15) is 95.1 Å². The van der Waals surface area contributed by atoms with Gasteiger partial charge in [0.1, 0.15) is 11.1 Å². The predicted octanol–water partition coefficient (Wildman–Crippen LogP) is 5.75. The van der Waals surface area contributed by atoms with Gasteiger partial charge >= 0.3 is 0 Å². The van der Waals surface area contributed by atoms with Crippen LogP contribution in [0.25, 0.3) is 0 Å². The minimum atomic E-state index is -0.135. The minimum Gasteiger partial charge on any atom is -0.484 e. The molecule has 0 aromatic carbocycles. The Morgan fingerprint density at radius 3 is 2.60 bits per heavy atom. The largest absolute Gasteiger partial charge is 0.484 e. The molecule has 0 spiro atoms. The fourth-order valence-electron chi connectivity index (χ4n) is 6.11. The highest BCUT2D eigenvalue weighted by Gasteiger charge is 2.32. The molecule has 0 amide bonds.